The normalized spacial score (nSPS) is 27.5. The molecule has 41 heavy (non-hydrogen) atoms. The molecule has 1 aromatic heterocycles. The van der Waals surface area contributed by atoms with Crippen LogP contribution in [0, 0.1) is 34.8 Å². The summed E-state index contributed by atoms with van der Waals surface area (Å²) in [5.41, 5.74) is 1.67. The quantitative estimate of drug-likeness (QED) is 0.336. The van der Waals surface area contributed by atoms with Crippen molar-refractivity contribution in [1.29, 1.82) is 0 Å². The minimum absolute atomic E-state index is 0.189. The molecule has 2 heterocycles. The van der Waals surface area contributed by atoms with E-state index in [1.165, 1.54) is 35.5 Å². The second-order valence-corrected chi connectivity index (χ2v) is 12.9. The van der Waals surface area contributed by atoms with Crippen molar-refractivity contribution >= 4 is 22.5 Å². The number of piperazine rings is 1. The number of aromatic nitrogens is 2. The van der Waals surface area contributed by atoms with E-state index in [2.05, 4.69) is 48.2 Å². The standard InChI is InChI=1S/C32H40F2N6O/c1-19-17-39(12-10-35-19)31(37-27-14-22-13-25(20(27)2)32(22,3)4)38-29-16-28-24(15-26(29)34)30(41)40(18-36-28)11-9-21-5-7-23(33)8-6-21/h5-8,15-16,18-20,22,25,27,35H,9-14,17H2,1-4H3,(H,37,38)/t19-,20-,22+,25-,27?/m0/s1. The van der Waals surface area contributed by atoms with Crippen molar-refractivity contribution in [2.75, 3.05) is 25.0 Å². The number of nitrogens with zero attached hydrogens (tertiary/aromatic N) is 4. The molecule has 7 rings (SSSR count). The molecule has 1 unspecified atom stereocenters. The van der Waals surface area contributed by atoms with Crippen LogP contribution in [0.4, 0.5) is 14.5 Å². The van der Waals surface area contributed by atoms with Crippen LogP contribution in [0.25, 0.3) is 10.9 Å². The van der Waals surface area contributed by atoms with E-state index in [-0.39, 0.29) is 28.5 Å². The van der Waals surface area contributed by atoms with Crippen LogP contribution < -0.4 is 16.2 Å². The Labute approximate surface area is 240 Å². The van der Waals surface area contributed by atoms with Gasteiger partial charge in [0, 0.05) is 32.2 Å². The van der Waals surface area contributed by atoms with Crippen LogP contribution in [0.1, 0.15) is 46.1 Å². The summed E-state index contributed by atoms with van der Waals surface area (Å²) < 4.78 is 30.3. The van der Waals surface area contributed by atoms with Crippen molar-refractivity contribution in [2.24, 2.45) is 28.2 Å². The third kappa shape index (κ3) is 5.36. The second kappa shape index (κ2) is 10.8. The van der Waals surface area contributed by atoms with Crippen LogP contribution in [-0.2, 0) is 13.0 Å². The molecule has 2 bridgehead atoms. The van der Waals surface area contributed by atoms with Crippen molar-refractivity contribution in [2.45, 2.75) is 65.6 Å². The number of anilines is 1. The summed E-state index contributed by atoms with van der Waals surface area (Å²) in [6.45, 7) is 12.0. The predicted molar refractivity (Wildman–Crippen MR) is 159 cm³/mol. The lowest BCUT2D eigenvalue weighted by Crippen LogP contribution is -2.57. The molecule has 0 radical (unpaired) electrons. The van der Waals surface area contributed by atoms with Crippen molar-refractivity contribution < 1.29 is 8.78 Å². The minimum atomic E-state index is -0.510. The van der Waals surface area contributed by atoms with Crippen molar-refractivity contribution in [1.82, 2.24) is 19.8 Å². The maximum Gasteiger partial charge on any atom is 0.261 e. The summed E-state index contributed by atoms with van der Waals surface area (Å²) in [5, 5.41) is 7.03. The maximum absolute atomic E-state index is 15.6. The first-order chi connectivity index (χ1) is 19.6. The number of fused-ring (bicyclic) bond motifs is 3. The number of hydrogen-bond donors (Lipinski definition) is 2. The second-order valence-electron chi connectivity index (χ2n) is 12.9. The molecule has 5 atom stereocenters. The Morgan fingerprint density at radius 2 is 1.95 bits per heavy atom. The SMILES string of the molecule is C[C@@H]1C(N=C(Nc2cc3ncn(CCc4ccc(F)cc4)c(=O)c3cc2F)N2CCN[C@@H](C)C2)C[C@H]2C[C@@H]1C2(C)C. The molecule has 9 heteroatoms. The van der Waals surface area contributed by atoms with E-state index in [1.807, 2.05) is 0 Å². The van der Waals surface area contributed by atoms with Crippen LogP contribution in [-0.4, -0.2) is 52.1 Å². The third-order valence-corrected chi connectivity index (χ3v) is 9.98. The molecular weight excluding hydrogens is 522 g/mol. The molecular formula is C32H40F2N6O. The molecule has 3 aliphatic carbocycles. The molecule has 3 aromatic rings. The van der Waals surface area contributed by atoms with Gasteiger partial charge in [-0.05, 0) is 79.2 Å². The highest BCUT2D eigenvalue weighted by Gasteiger charge is 2.56. The molecule has 0 amide bonds. The molecule has 1 aliphatic heterocycles. The van der Waals surface area contributed by atoms with Gasteiger partial charge in [0.25, 0.3) is 5.56 Å². The Kier molecular flexibility index (Phi) is 7.34. The topological polar surface area (TPSA) is 74.5 Å². The first kappa shape index (κ1) is 27.8. The Morgan fingerprint density at radius 3 is 2.66 bits per heavy atom. The Bertz CT molecular complexity index is 1520. The first-order valence-electron chi connectivity index (χ1n) is 14.9. The maximum atomic E-state index is 15.6. The van der Waals surface area contributed by atoms with E-state index in [9.17, 15) is 9.18 Å². The van der Waals surface area contributed by atoms with E-state index >= 15 is 4.39 Å². The average Bonchev–Trinajstić information content (AvgIpc) is 2.94. The lowest BCUT2D eigenvalue weighted by molar-refractivity contribution is -0.108. The fraction of sp³-hybridized carbons (Fsp3) is 0.531. The van der Waals surface area contributed by atoms with Gasteiger partial charge in [-0.1, -0.05) is 32.9 Å². The highest BCUT2D eigenvalue weighted by Crippen LogP contribution is 2.61. The van der Waals surface area contributed by atoms with Crippen LogP contribution in [0.2, 0.25) is 0 Å². The van der Waals surface area contributed by atoms with Crippen LogP contribution in [0.5, 0.6) is 0 Å². The zero-order chi connectivity index (χ0) is 28.9. The average molecular weight is 563 g/mol. The molecule has 4 aliphatic rings. The highest BCUT2D eigenvalue weighted by atomic mass is 19.1. The van der Waals surface area contributed by atoms with Gasteiger partial charge in [-0.3, -0.25) is 9.36 Å². The minimum Gasteiger partial charge on any atom is -0.340 e. The molecule has 7 nitrogen and oxygen atoms in total. The number of aryl methyl sites for hydroxylation is 2. The van der Waals surface area contributed by atoms with Gasteiger partial charge < -0.3 is 15.5 Å². The van der Waals surface area contributed by atoms with Crippen LogP contribution >= 0.6 is 0 Å². The zero-order valence-electron chi connectivity index (χ0n) is 24.3. The summed E-state index contributed by atoms with van der Waals surface area (Å²) in [7, 11) is 0. The summed E-state index contributed by atoms with van der Waals surface area (Å²) in [4.78, 5) is 25.2. The van der Waals surface area contributed by atoms with Crippen LogP contribution in [0.15, 0.2) is 52.5 Å². The van der Waals surface area contributed by atoms with Gasteiger partial charge in [0.05, 0.1) is 29.0 Å². The zero-order valence-corrected chi connectivity index (χ0v) is 24.3. The number of hydrogen-bond acceptors (Lipinski definition) is 4. The lowest BCUT2D eigenvalue weighted by Gasteiger charge is -2.61. The van der Waals surface area contributed by atoms with Gasteiger partial charge in [0.15, 0.2) is 5.96 Å². The highest BCUT2D eigenvalue weighted by molar-refractivity contribution is 5.96. The van der Waals surface area contributed by atoms with Crippen LogP contribution in [0.3, 0.4) is 0 Å². The van der Waals surface area contributed by atoms with Gasteiger partial charge in [-0.15, -0.1) is 0 Å². The summed E-state index contributed by atoms with van der Waals surface area (Å²) in [6, 6.07) is 9.57. The third-order valence-electron chi connectivity index (χ3n) is 9.98. The smallest absolute Gasteiger partial charge is 0.261 e. The summed E-state index contributed by atoms with van der Waals surface area (Å²) in [6.07, 6.45) is 4.37. The molecule has 2 aromatic carbocycles. The van der Waals surface area contributed by atoms with Gasteiger partial charge in [-0.25, -0.2) is 18.8 Å². The van der Waals surface area contributed by atoms with Gasteiger partial charge >= 0.3 is 0 Å². The van der Waals surface area contributed by atoms with E-state index in [0.717, 1.165) is 31.6 Å². The van der Waals surface area contributed by atoms with Crippen molar-refractivity contribution in [3.8, 4) is 0 Å². The van der Waals surface area contributed by atoms with Gasteiger partial charge in [0.1, 0.15) is 11.6 Å². The van der Waals surface area contributed by atoms with E-state index in [1.54, 1.807) is 18.2 Å². The lowest BCUT2D eigenvalue weighted by atomic mass is 9.45. The summed E-state index contributed by atoms with van der Waals surface area (Å²) >= 11 is 0. The van der Waals surface area contributed by atoms with E-state index < -0.39 is 5.82 Å². The van der Waals surface area contributed by atoms with E-state index in [0.29, 0.717) is 53.7 Å². The number of guanidine groups is 1. The summed E-state index contributed by atoms with van der Waals surface area (Å²) in [5.74, 6) is 1.68. The monoisotopic (exact) mass is 562 g/mol. The Hall–Kier alpha value is -3.33. The molecule has 0 spiro atoms. The molecule has 1 saturated heterocycles. The predicted octanol–water partition coefficient (Wildman–Crippen LogP) is 5.05. The van der Waals surface area contributed by atoms with Gasteiger partial charge in [0.2, 0.25) is 0 Å². The number of benzene rings is 2. The molecule has 2 N–H and O–H groups in total. The molecule has 4 fully saturated rings. The van der Waals surface area contributed by atoms with Crippen molar-refractivity contribution in [3.63, 3.8) is 0 Å². The molecule has 3 saturated carbocycles. The van der Waals surface area contributed by atoms with E-state index in [4.69, 9.17) is 4.99 Å². The number of nitrogens with one attached hydrogen (secondary N) is 2. The fourth-order valence-corrected chi connectivity index (χ4v) is 7.22. The Morgan fingerprint density at radius 1 is 1.17 bits per heavy atom. The Balaban J connectivity index is 1.27. The van der Waals surface area contributed by atoms with Crippen molar-refractivity contribution in [3.05, 3.63) is 70.3 Å². The fourth-order valence-electron chi connectivity index (χ4n) is 7.22. The molecule has 218 valence electrons. The number of aliphatic imine (C=N–C) groups is 1. The largest absolute Gasteiger partial charge is 0.340 e. The number of halogens is 2. The first-order valence-corrected chi connectivity index (χ1v) is 14.9. The number of rotatable bonds is 5. The van der Waals surface area contributed by atoms with Gasteiger partial charge in [-0.2, -0.15) is 0 Å².